The minimum absolute atomic E-state index is 0. The third-order valence-corrected chi connectivity index (χ3v) is 2.76. The van der Waals surface area contributed by atoms with Gasteiger partial charge in [0.25, 0.3) is 6.34 Å². The first-order valence-electron chi connectivity index (χ1n) is 6.32. The largest absolute Gasteiger partial charge is 1.00 e. The van der Waals surface area contributed by atoms with Crippen LogP contribution in [0, 0.1) is 0 Å². The predicted molar refractivity (Wildman–Crippen MR) is 65.9 cm³/mol. The first-order chi connectivity index (χ1) is 7.43. The summed E-state index contributed by atoms with van der Waals surface area (Å²) < 4.78 is 0. The van der Waals surface area contributed by atoms with E-state index in [0.717, 1.165) is 6.54 Å². The molecule has 1 heterocycles. The van der Waals surface area contributed by atoms with Gasteiger partial charge in [0.05, 0.1) is 6.54 Å². The quantitative estimate of drug-likeness (QED) is 0.453. The van der Waals surface area contributed by atoms with Gasteiger partial charge in [-0.25, -0.2) is 0 Å². The Balaban J connectivity index is 0.00000225. The van der Waals surface area contributed by atoms with E-state index >= 15 is 0 Å². The normalized spacial score (nSPS) is 12.7. The maximum Gasteiger partial charge on any atom is 0.255 e. The summed E-state index contributed by atoms with van der Waals surface area (Å²) in [5, 5.41) is 0. The third-order valence-electron chi connectivity index (χ3n) is 2.76. The van der Waals surface area contributed by atoms with Crippen molar-refractivity contribution in [2.45, 2.75) is 58.3 Å². The van der Waals surface area contributed by atoms with Gasteiger partial charge >= 0.3 is 0 Å². The second-order valence-corrected chi connectivity index (χ2v) is 4.20. The Morgan fingerprint density at radius 1 is 1.00 bits per heavy atom. The van der Waals surface area contributed by atoms with E-state index in [1.54, 1.807) is 6.20 Å². The standard InChI is InChI=1S/C13H23N2.BrH/c1-2-3-4-5-6-7-8-9-11-15-12-10-14-13-15;/h10,12H,2-9,11H2,1H3;1H/q+1;/p-1. The van der Waals surface area contributed by atoms with Gasteiger partial charge in [-0.15, -0.1) is 0 Å². The second-order valence-electron chi connectivity index (χ2n) is 4.20. The molecule has 3 heteroatoms. The van der Waals surface area contributed by atoms with Crippen LogP contribution in [-0.2, 0) is 0 Å². The summed E-state index contributed by atoms with van der Waals surface area (Å²) in [6.07, 6.45) is 17.7. The molecule has 0 spiro atoms. The van der Waals surface area contributed by atoms with E-state index in [0.29, 0.717) is 0 Å². The first-order valence-corrected chi connectivity index (χ1v) is 6.32. The van der Waals surface area contributed by atoms with E-state index in [2.05, 4.69) is 18.3 Å². The lowest BCUT2D eigenvalue weighted by molar-refractivity contribution is -0.00000329. The van der Waals surface area contributed by atoms with Crippen LogP contribution in [0.1, 0.15) is 58.3 Å². The van der Waals surface area contributed by atoms with Crippen molar-refractivity contribution in [2.75, 3.05) is 6.54 Å². The molecule has 0 N–H and O–H groups in total. The van der Waals surface area contributed by atoms with Gasteiger partial charge in [-0.1, -0.05) is 51.9 Å². The van der Waals surface area contributed by atoms with Crippen molar-refractivity contribution in [3.8, 4) is 0 Å². The molecule has 0 aromatic carbocycles. The molecular weight excluding hydrogens is 264 g/mol. The van der Waals surface area contributed by atoms with E-state index in [9.17, 15) is 0 Å². The molecule has 0 aliphatic carbocycles. The van der Waals surface area contributed by atoms with E-state index < -0.39 is 0 Å². The maximum absolute atomic E-state index is 3.91. The van der Waals surface area contributed by atoms with Crippen molar-refractivity contribution in [3.05, 3.63) is 12.4 Å². The number of halogens is 1. The highest BCUT2D eigenvalue weighted by Crippen LogP contribution is 2.09. The van der Waals surface area contributed by atoms with Crippen LogP contribution in [0.25, 0.3) is 0 Å². The predicted octanol–water partition coefficient (Wildman–Crippen LogP) is 0.823. The van der Waals surface area contributed by atoms with Crippen LogP contribution in [0.2, 0.25) is 0 Å². The summed E-state index contributed by atoms with van der Waals surface area (Å²) in [6.45, 7) is 3.34. The average molecular weight is 287 g/mol. The highest BCUT2D eigenvalue weighted by molar-refractivity contribution is 5.59. The Bertz CT molecular complexity index is 190. The van der Waals surface area contributed by atoms with Crippen molar-refractivity contribution < 1.29 is 17.0 Å². The van der Waals surface area contributed by atoms with Gasteiger partial charge in [-0.2, -0.15) is 4.90 Å². The molecule has 1 aliphatic rings. The Kier molecular flexibility index (Phi) is 10.8. The molecule has 0 saturated carbocycles. The van der Waals surface area contributed by atoms with Gasteiger partial charge in [0.2, 0.25) is 6.20 Å². The summed E-state index contributed by atoms with van der Waals surface area (Å²) in [5.74, 6) is 0. The van der Waals surface area contributed by atoms with Gasteiger partial charge in [-0.05, 0) is 11.4 Å². The highest BCUT2D eigenvalue weighted by Gasteiger charge is 2.08. The molecule has 0 aromatic rings. The van der Waals surface area contributed by atoms with Gasteiger partial charge in [0.15, 0.2) is 6.20 Å². The molecule has 0 saturated heterocycles. The van der Waals surface area contributed by atoms with E-state index in [1.165, 1.54) is 51.4 Å². The third kappa shape index (κ3) is 7.84. The molecule has 1 aliphatic heterocycles. The topological polar surface area (TPSA) is 15.6 Å². The Labute approximate surface area is 111 Å². The average Bonchev–Trinajstić information content (AvgIpc) is 2.75. The molecular formula is C13H23BrN2. The summed E-state index contributed by atoms with van der Waals surface area (Å²) in [7, 11) is 0. The molecule has 0 fully saturated rings. The summed E-state index contributed by atoms with van der Waals surface area (Å²) >= 11 is 0. The maximum atomic E-state index is 3.91. The summed E-state index contributed by atoms with van der Waals surface area (Å²) in [5.41, 5.74) is 0. The monoisotopic (exact) mass is 286 g/mol. The zero-order valence-corrected chi connectivity index (χ0v) is 11.9. The van der Waals surface area contributed by atoms with E-state index in [-0.39, 0.29) is 17.0 Å². The van der Waals surface area contributed by atoms with Crippen LogP contribution >= 0.6 is 0 Å². The fraction of sp³-hybridized carbons (Fsp3) is 0.769. The fourth-order valence-electron chi connectivity index (χ4n) is 1.80. The molecule has 0 radical (unpaired) electrons. The minimum Gasteiger partial charge on any atom is -1.00 e. The number of hydrogen-bond acceptors (Lipinski definition) is 2. The second kappa shape index (κ2) is 11.1. The van der Waals surface area contributed by atoms with Gasteiger partial charge in [-0.3, -0.25) is 0 Å². The molecule has 0 bridgehead atoms. The number of unbranched alkanes of at least 4 members (excludes halogenated alkanes) is 7. The van der Waals surface area contributed by atoms with Crippen molar-refractivity contribution >= 4 is 6.34 Å². The van der Waals surface area contributed by atoms with Crippen molar-refractivity contribution in [2.24, 2.45) is 4.99 Å². The zero-order chi connectivity index (χ0) is 10.8. The zero-order valence-electron chi connectivity index (χ0n) is 10.3. The van der Waals surface area contributed by atoms with Crippen molar-refractivity contribution in [1.29, 1.82) is 0 Å². The van der Waals surface area contributed by atoms with Crippen LogP contribution in [-0.4, -0.2) is 17.8 Å². The SMILES string of the molecule is CCCCCCCCCCN1[C+]=NC=C1.[Br-]. The molecule has 0 unspecified atom stereocenters. The smallest absolute Gasteiger partial charge is 0.255 e. The van der Waals surface area contributed by atoms with Crippen LogP contribution < -0.4 is 17.0 Å². The fourth-order valence-corrected chi connectivity index (χ4v) is 1.80. The molecule has 92 valence electrons. The summed E-state index contributed by atoms with van der Waals surface area (Å²) in [4.78, 5) is 5.95. The number of hydrogen-bond donors (Lipinski definition) is 0. The minimum atomic E-state index is 0. The summed E-state index contributed by atoms with van der Waals surface area (Å²) in [6, 6.07) is 0. The lowest BCUT2D eigenvalue weighted by Crippen LogP contribution is -3.00. The number of rotatable bonds is 9. The molecule has 16 heavy (non-hydrogen) atoms. The lowest BCUT2D eigenvalue weighted by Gasteiger charge is -2.03. The molecule has 0 atom stereocenters. The number of nitrogens with zero attached hydrogens (tertiary/aromatic N) is 2. The van der Waals surface area contributed by atoms with Gasteiger partial charge in [0, 0.05) is 0 Å². The Hall–Kier alpha value is -0.400. The Morgan fingerprint density at radius 2 is 1.62 bits per heavy atom. The van der Waals surface area contributed by atoms with Crippen LogP contribution in [0.3, 0.4) is 0 Å². The van der Waals surface area contributed by atoms with Crippen molar-refractivity contribution in [1.82, 2.24) is 4.90 Å². The van der Waals surface area contributed by atoms with Crippen LogP contribution in [0.4, 0.5) is 0 Å². The molecule has 2 nitrogen and oxygen atoms in total. The van der Waals surface area contributed by atoms with Crippen molar-refractivity contribution in [3.63, 3.8) is 0 Å². The number of aliphatic imine (C=N–C) groups is 1. The Morgan fingerprint density at radius 3 is 2.19 bits per heavy atom. The van der Waals surface area contributed by atoms with Crippen LogP contribution in [0.15, 0.2) is 17.4 Å². The van der Waals surface area contributed by atoms with E-state index in [1.807, 2.05) is 11.1 Å². The van der Waals surface area contributed by atoms with E-state index in [4.69, 9.17) is 0 Å². The molecule has 0 aromatic heterocycles. The molecule has 1 rings (SSSR count). The first kappa shape index (κ1) is 15.6. The van der Waals surface area contributed by atoms with Gasteiger partial charge in [0.1, 0.15) is 0 Å². The van der Waals surface area contributed by atoms with Crippen LogP contribution in [0.5, 0.6) is 0 Å². The van der Waals surface area contributed by atoms with Gasteiger partial charge < -0.3 is 17.0 Å². The molecule has 0 amide bonds. The highest BCUT2D eigenvalue weighted by atomic mass is 79.9. The lowest BCUT2D eigenvalue weighted by atomic mass is 10.1.